The van der Waals surface area contributed by atoms with Gasteiger partial charge in [-0.1, -0.05) is 11.6 Å². The molecule has 0 aromatic carbocycles. The zero-order chi connectivity index (χ0) is 19.6. The van der Waals surface area contributed by atoms with E-state index in [1.54, 1.807) is 15.9 Å². The van der Waals surface area contributed by atoms with Crippen molar-refractivity contribution in [2.45, 2.75) is 26.9 Å². The summed E-state index contributed by atoms with van der Waals surface area (Å²) in [5.41, 5.74) is 0.421. The monoisotopic (exact) mass is 407 g/mol. The molecule has 1 fully saturated rings. The average molecular weight is 408 g/mol. The first kappa shape index (κ1) is 19.6. The van der Waals surface area contributed by atoms with Gasteiger partial charge < -0.3 is 14.5 Å². The number of thiophene rings is 1. The van der Waals surface area contributed by atoms with E-state index in [1.807, 2.05) is 32.9 Å². The van der Waals surface area contributed by atoms with Crippen molar-refractivity contribution in [3.63, 3.8) is 0 Å². The second-order valence-electron chi connectivity index (χ2n) is 6.67. The van der Waals surface area contributed by atoms with Crippen LogP contribution in [0.15, 0.2) is 24.4 Å². The van der Waals surface area contributed by atoms with Crippen molar-refractivity contribution in [1.29, 1.82) is 0 Å². The van der Waals surface area contributed by atoms with Crippen LogP contribution in [-0.2, 0) is 0 Å². The SMILES string of the molecule is Cc1ccc(C(=O)N2CCN(C(=O)c3cnc(OC(C)C)c(Cl)c3)CC2)s1. The van der Waals surface area contributed by atoms with E-state index < -0.39 is 0 Å². The Hall–Kier alpha value is -2.12. The first-order chi connectivity index (χ1) is 12.8. The topological polar surface area (TPSA) is 62.7 Å². The Morgan fingerprint density at radius 1 is 1.15 bits per heavy atom. The predicted octanol–water partition coefficient (Wildman–Crippen LogP) is 3.49. The minimum atomic E-state index is -0.139. The maximum Gasteiger partial charge on any atom is 0.264 e. The van der Waals surface area contributed by atoms with Crippen molar-refractivity contribution in [1.82, 2.24) is 14.8 Å². The summed E-state index contributed by atoms with van der Waals surface area (Å²) >= 11 is 7.67. The highest BCUT2D eigenvalue weighted by molar-refractivity contribution is 7.13. The van der Waals surface area contributed by atoms with Crippen LogP contribution in [0.5, 0.6) is 5.88 Å². The molecule has 1 saturated heterocycles. The molecule has 2 aromatic rings. The smallest absolute Gasteiger partial charge is 0.264 e. The third kappa shape index (κ3) is 4.59. The third-order valence-electron chi connectivity index (χ3n) is 4.21. The van der Waals surface area contributed by atoms with E-state index in [2.05, 4.69) is 4.98 Å². The van der Waals surface area contributed by atoms with Crippen LogP contribution in [0.4, 0.5) is 0 Å². The number of piperazine rings is 1. The maximum absolute atomic E-state index is 12.7. The molecule has 0 unspecified atom stereocenters. The van der Waals surface area contributed by atoms with Gasteiger partial charge in [0.05, 0.1) is 16.5 Å². The second-order valence-corrected chi connectivity index (χ2v) is 8.37. The Kier molecular flexibility index (Phi) is 6.01. The summed E-state index contributed by atoms with van der Waals surface area (Å²) in [6, 6.07) is 5.38. The van der Waals surface area contributed by atoms with E-state index in [-0.39, 0.29) is 17.9 Å². The van der Waals surface area contributed by atoms with Crippen molar-refractivity contribution >= 4 is 34.8 Å². The average Bonchev–Trinajstić information content (AvgIpc) is 3.08. The molecular formula is C19H22ClN3O3S. The number of aryl methyl sites for hydroxylation is 1. The van der Waals surface area contributed by atoms with Crippen LogP contribution >= 0.6 is 22.9 Å². The Balaban J connectivity index is 1.61. The summed E-state index contributed by atoms with van der Waals surface area (Å²) < 4.78 is 5.50. The van der Waals surface area contributed by atoms with Crippen LogP contribution in [0.25, 0.3) is 0 Å². The lowest BCUT2D eigenvalue weighted by molar-refractivity contribution is 0.0537. The molecule has 2 aromatic heterocycles. The van der Waals surface area contributed by atoms with Gasteiger partial charge in [-0.15, -0.1) is 11.3 Å². The summed E-state index contributed by atoms with van der Waals surface area (Å²) in [7, 11) is 0. The Morgan fingerprint density at radius 3 is 2.30 bits per heavy atom. The van der Waals surface area contributed by atoms with Crippen molar-refractivity contribution in [2.75, 3.05) is 26.2 Å². The van der Waals surface area contributed by atoms with Crippen molar-refractivity contribution in [3.8, 4) is 5.88 Å². The third-order valence-corrected chi connectivity index (χ3v) is 5.47. The first-order valence-electron chi connectivity index (χ1n) is 8.82. The van der Waals surface area contributed by atoms with Gasteiger partial charge in [-0.05, 0) is 39.0 Å². The van der Waals surface area contributed by atoms with Gasteiger partial charge in [0, 0.05) is 37.3 Å². The number of rotatable bonds is 4. The van der Waals surface area contributed by atoms with Gasteiger partial charge >= 0.3 is 0 Å². The molecule has 1 aliphatic heterocycles. The van der Waals surface area contributed by atoms with Gasteiger partial charge in [0.2, 0.25) is 5.88 Å². The quantitative estimate of drug-likeness (QED) is 0.778. The number of hydrogen-bond acceptors (Lipinski definition) is 5. The molecule has 0 atom stereocenters. The van der Waals surface area contributed by atoms with Gasteiger partial charge in [0.1, 0.15) is 5.02 Å². The minimum Gasteiger partial charge on any atom is -0.474 e. The molecule has 0 N–H and O–H groups in total. The Bertz CT molecular complexity index is 844. The molecule has 27 heavy (non-hydrogen) atoms. The molecule has 144 valence electrons. The first-order valence-corrected chi connectivity index (χ1v) is 10.0. The molecule has 0 radical (unpaired) electrons. The lowest BCUT2D eigenvalue weighted by atomic mass is 10.2. The van der Waals surface area contributed by atoms with E-state index in [1.165, 1.54) is 17.5 Å². The molecule has 3 rings (SSSR count). The van der Waals surface area contributed by atoms with E-state index in [9.17, 15) is 9.59 Å². The number of carbonyl (C=O) groups is 2. The van der Waals surface area contributed by atoms with Crippen LogP contribution < -0.4 is 4.74 Å². The molecule has 0 bridgehead atoms. The van der Waals surface area contributed by atoms with Gasteiger partial charge in [-0.2, -0.15) is 0 Å². The molecule has 3 heterocycles. The Morgan fingerprint density at radius 2 is 1.78 bits per heavy atom. The molecule has 2 amide bonds. The summed E-state index contributed by atoms with van der Waals surface area (Å²) in [6.45, 7) is 7.74. The molecule has 8 heteroatoms. The van der Waals surface area contributed by atoms with Crippen molar-refractivity contribution in [3.05, 3.63) is 44.7 Å². The molecule has 0 aliphatic carbocycles. The van der Waals surface area contributed by atoms with E-state index >= 15 is 0 Å². The fraction of sp³-hybridized carbons (Fsp3) is 0.421. The Labute approximate surface area is 167 Å². The fourth-order valence-electron chi connectivity index (χ4n) is 2.85. The highest BCUT2D eigenvalue weighted by Crippen LogP contribution is 2.24. The van der Waals surface area contributed by atoms with Crippen LogP contribution in [-0.4, -0.2) is 58.9 Å². The van der Waals surface area contributed by atoms with E-state index in [0.29, 0.717) is 42.6 Å². The highest BCUT2D eigenvalue weighted by Gasteiger charge is 2.26. The fourth-order valence-corrected chi connectivity index (χ4v) is 3.90. The van der Waals surface area contributed by atoms with Crippen LogP contribution in [0.3, 0.4) is 0 Å². The summed E-state index contributed by atoms with van der Waals surface area (Å²) in [5.74, 6) is 0.213. The van der Waals surface area contributed by atoms with Crippen molar-refractivity contribution in [2.24, 2.45) is 0 Å². The van der Waals surface area contributed by atoms with Crippen LogP contribution in [0.1, 0.15) is 38.8 Å². The molecule has 0 saturated carbocycles. The number of nitrogens with zero attached hydrogens (tertiary/aromatic N) is 3. The van der Waals surface area contributed by atoms with Gasteiger partial charge in [-0.3, -0.25) is 9.59 Å². The largest absolute Gasteiger partial charge is 0.474 e. The molecule has 1 aliphatic rings. The molecular weight excluding hydrogens is 386 g/mol. The van der Waals surface area contributed by atoms with Gasteiger partial charge in [0.15, 0.2) is 0 Å². The zero-order valence-electron chi connectivity index (χ0n) is 15.6. The molecule has 6 nitrogen and oxygen atoms in total. The second kappa shape index (κ2) is 8.27. The number of halogens is 1. The summed E-state index contributed by atoms with van der Waals surface area (Å²) in [5, 5.41) is 0.316. The van der Waals surface area contributed by atoms with E-state index in [4.69, 9.17) is 16.3 Å². The number of amides is 2. The number of aromatic nitrogens is 1. The highest BCUT2D eigenvalue weighted by atomic mass is 35.5. The van der Waals surface area contributed by atoms with Crippen LogP contribution in [0.2, 0.25) is 5.02 Å². The van der Waals surface area contributed by atoms with Crippen LogP contribution in [0, 0.1) is 6.92 Å². The number of hydrogen-bond donors (Lipinski definition) is 0. The van der Waals surface area contributed by atoms with E-state index in [0.717, 1.165) is 9.75 Å². The number of pyridine rings is 1. The number of ether oxygens (including phenoxy) is 1. The zero-order valence-corrected chi connectivity index (χ0v) is 17.1. The van der Waals surface area contributed by atoms with Crippen molar-refractivity contribution < 1.29 is 14.3 Å². The van der Waals surface area contributed by atoms with Gasteiger partial charge in [0.25, 0.3) is 11.8 Å². The lowest BCUT2D eigenvalue weighted by Gasteiger charge is -2.34. The normalized spacial score (nSPS) is 14.6. The predicted molar refractivity (Wildman–Crippen MR) is 106 cm³/mol. The number of carbonyl (C=O) groups excluding carboxylic acids is 2. The summed E-state index contributed by atoms with van der Waals surface area (Å²) in [4.78, 5) is 34.8. The maximum atomic E-state index is 12.7. The standard InChI is InChI=1S/C19H22ClN3O3S/c1-12(2)26-17-15(20)10-14(11-21-17)18(24)22-6-8-23(9-7-22)19(25)16-5-4-13(3)27-16/h4-5,10-12H,6-9H2,1-3H3. The van der Waals surface area contributed by atoms with Gasteiger partial charge in [-0.25, -0.2) is 4.98 Å². The summed E-state index contributed by atoms with van der Waals surface area (Å²) in [6.07, 6.45) is 1.44. The lowest BCUT2D eigenvalue weighted by Crippen LogP contribution is -2.50. The molecule has 0 spiro atoms. The minimum absolute atomic E-state index is 0.0279.